The fourth-order valence-corrected chi connectivity index (χ4v) is 3.42. The second kappa shape index (κ2) is 7.58. The summed E-state index contributed by atoms with van der Waals surface area (Å²) in [5, 5.41) is 11.3. The fraction of sp³-hybridized carbons (Fsp3) is 0.227. The van der Waals surface area contributed by atoms with Gasteiger partial charge in [-0.2, -0.15) is 0 Å². The summed E-state index contributed by atoms with van der Waals surface area (Å²) >= 11 is 0. The Hall–Kier alpha value is -3.21. The summed E-state index contributed by atoms with van der Waals surface area (Å²) in [7, 11) is 0. The number of amides is 1. The molecule has 0 fully saturated rings. The normalized spacial score (nSPS) is 13.1. The SMILES string of the molecule is Cc1ccccc1CC(=O)Nc1ccc(N2CCc3ccccc3C2)nn1. The lowest BCUT2D eigenvalue weighted by Crippen LogP contribution is -2.31. The molecular formula is C22H22N4O. The summed E-state index contributed by atoms with van der Waals surface area (Å²) in [6.07, 6.45) is 1.34. The van der Waals surface area contributed by atoms with Crippen molar-refractivity contribution >= 4 is 17.5 Å². The second-order valence-corrected chi connectivity index (χ2v) is 6.87. The first kappa shape index (κ1) is 17.2. The molecule has 2 heterocycles. The second-order valence-electron chi connectivity index (χ2n) is 6.87. The van der Waals surface area contributed by atoms with Gasteiger partial charge >= 0.3 is 0 Å². The lowest BCUT2D eigenvalue weighted by atomic mass is 10.00. The van der Waals surface area contributed by atoms with E-state index in [0.29, 0.717) is 12.2 Å². The molecule has 2 aromatic carbocycles. The van der Waals surface area contributed by atoms with Crippen LogP contribution in [0.2, 0.25) is 0 Å². The van der Waals surface area contributed by atoms with Crippen LogP contribution in [-0.4, -0.2) is 22.6 Å². The van der Waals surface area contributed by atoms with Gasteiger partial charge in [-0.05, 0) is 47.7 Å². The van der Waals surface area contributed by atoms with Gasteiger partial charge in [0.15, 0.2) is 11.6 Å². The molecule has 0 radical (unpaired) electrons. The Labute approximate surface area is 159 Å². The van der Waals surface area contributed by atoms with Gasteiger partial charge in [0.05, 0.1) is 6.42 Å². The van der Waals surface area contributed by atoms with E-state index in [1.165, 1.54) is 11.1 Å². The molecule has 0 saturated heterocycles. The van der Waals surface area contributed by atoms with Crippen LogP contribution in [0.15, 0.2) is 60.7 Å². The molecule has 1 aliphatic rings. The van der Waals surface area contributed by atoms with Crippen molar-refractivity contribution in [2.45, 2.75) is 26.3 Å². The molecule has 1 N–H and O–H groups in total. The van der Waals surface area contributed by atoms with E-state index in [0.717, 1.165) is 36.5 Å². The Morgan fingerprint density at radius 3 is 2.56 bits per heavy atom. The Kier molecular flexibility index (Phi) is 4.83. The summed E-state index contributed by atoms with van der Waals surface area (Å²) < 4.78 is 0. The Morgan fingerprint density at radius 1 is 1.00 bits per heavy atom. The zero-order valence-electron chi connectivity index (χ0n) is 15.4. The highest BCUT2D eigenvalue weighted by molar-refractivity contribution is 5.91. The number of nitrogens with zero attached hydrogens (tertiary/aromatic N) is 3. The number of hydrogen-bond acceptors (Lipinski definition) is 4. The minimum Gasteiger partial charge on any atom is -0.350 e. The smallest absolute Gasteiger partial charge is 0.230 e. The molecule has 3 aromatic rings. The Bertz CT molecular complexity index is 953. The zero-order chi connectivity index (χ0) is 18.6. The molecule has 1 aromatic heterocycles. The van der Waals surface area contributed by atoms with Crippen molar-refractivity contribution in [1.82, 2.24) is 10.2 Å². The molecule has 0 atom stereocenters. The number of hydrogen-bond donors (Lipinski definition) is 1. The molecule has 1 amide bonds. The molecule has 4 rings (SSSR count). The van der Waals surface area contributed by atoms with Gasteiger partial charge in [0, 0.05) is 13.1 Å². The summed E-state index contributed by atoms with van der Waals surface area (Å²) in [6.45, 7) is 3.77. The van der Waals surface area contributed by atoms with Crippen molar-refractivity contribution in [3.8, 4) is 0 Å². The maximum absolute atomic E-state index is 12.3. The minimum absolute atomic E-state index is 0.0850. The van der Waals surface area contributed by atoms with E-state index in [1.54, 1.807) is 0 Å². The highest BCUT2D eigenvalue weighted by Crippen LogP contribution is 2.23. The van der Waals surface area contributed by atoms with Crippen LogP contribution in [0.25, 0.3) is 0 Å². The molecule has 0 saturated carbocycles. The van der Waals surface area contributed by atoms with Crippen LogP contribution in [0.3, 0.4) is 0 Å². The summed E-state index contributed by atoms with van der Waals surface area (Å²) in [5.41, 5.74) is 4.87. The summed E-state index contributed by atoms with van der Waals surface area (Å²) in [5.74, 6) is 1.23. The average molecular weight is 358 g/mol. The number of anilines is 2. The number of nitrogens with one attached hydrogen (secondary N) is 1. The first-order valence-electron chi connectivity index (χ1n) is 9.19. The molecule has 0 spiro atoms. The molecule has 0 unspecified atom stereocenters. The van der Waals surface area contributed by atoms with Gasteiger partial charge in [0.25, 0.3) is 0 Å². The fourth-order valence-electron chi connectivity index (χ4n) is 3.42. The van der Waals surface area contributed by atoms with E-state index in [2.05, 4.69) is 44.7 Å². The van der Waals surface area contributed by atoms with E-state index < -0.39 is 0 Å². The van der Waals surface area contributed by atoms with Gasteiger partial charge in [-0.3, -0.25) is 4.79 Å². The van der Waals surface area contributed by atoms with Gasteiger partial charge in [-0.1, -0.05) is 48.5 Å². The third kappa shape index (κ3) is 3.97. The highest BCUT2D eigenvalue weighted by Gasteiger charge is 2.17. The van der Waals surface area contributed by atoms with E-state index in [9.17, 15) is 4.79 Å². The van der Waals surface area contributed by atoms with Crippen molar-refractivity contribution in [3.63, 3.8) is 0 Å². The standard InChI is InChI=1S/C22H22N4O/c1-16-6-2-3-8-18(16)14-22(27)23-20-10-11-21(25-24-20)26-13-12-17-7-4-5-9-19(17)15-26/h2-11H,12-15H2,1H3,(H,23,24,27). The summed E-state index contributed by atoms with van der Waals surface area (Å²) in [6, 6.07) is 20.1. The average Bonchev–Trinajstić information content (AvgIpc) is 2.70. The van der Waals surface area contributed by atoms with Crippen molar-refractivity contribution in [2.24, 2.45) is 0 Å². The largest absolute Gasteiger partial charge is 0.350 e. The Balaban J connectivity index is 1.39. The van der Waals surface area contributed by atoms with Crippen LogP contribution in [0.5, 0.6) is 0 Å². The van der Waals surface area contributed by atoms with Crippen LogP contribution < -0.4 is 10.2 Å². The first-order valence-corrected chi connectivity index (χ1v) is 9.19. The maximum atomic E-state index is 12.3. The lowest BCUT2D eigenvalue weighted by molar-refractivity contribution is -0.115. The molecule has 5 nitrogen and oxygen atoms in total. The molecule has 0 aliphatic carbocycles. The van der Waals surface area contributed by atoms with Gasteiger partial charge in [-0.15, -0.1) is 10.2 Å². The van der Waals surface area contributed by atoms with Crippen molar-refractivity contribution in [2.75, 3.05) is 16.8 Å². The monoisotopic (exact) mass is 358 g/mol. The molecular weight excluding hydrogens is 336 g/mol. The van der Waals surface area contributed by atoms with Crippen LogP contribution in [-0.2, 0) is 24.2 Å². The molecule has 27 heavy (non-hydrogen) atoms. The van der Waals surface area contributed by atoms with Crippen molar-refractivity contribution in [3.05, 3.63) is 82.9 Å². The van der Waals surface area contributed by atoms with E-state index in [1.807, 2.05) is 43.3 Å². The third-order valence-corrected chi connectivity index (χ3v) is 4.98. The first-order chi connectivity index (χ1) is 13.2. The van der Waals surface area contributed by atoms with E-state index in [4.69, 9.17) is 0 Å². The molecule has 136 valence electrons. The zero-order valence-corrected chi connectivity index (χ0v) is 15.4. The number of aromatic nitrogens is 2. The Morgan fingerprint density at radius 2 is 1.78 bits per heavy atom. The number of rotatable bonds is 4. The van der Waals surface area contributed by atoms with E-state index >= 15 is 0 Å². The van der Waals surface area contributed by atoms with Crippen molar-refractivity contribution in [1.29, 1.82) is 0 Å². The predicted octanol–water partition coefficient (Wildman–Crippen LogP) is 3.53. The maximum Gasteiger partial charge on any atom is 0.230 e. The predicted molar refractivity (Wildman–Crippen MR) is 107 cm³/mol. The van der Waals surface area contributed by atoms with Crippen LogP contribution in [0, 0.1) is 6.92 Å². The third-order valence-electron chi connectivity index (χ3n) is 4.98. The summed E-state index contributed by atoms with van der Waals surface area (Å²) in [4.78, 5) is 14.5. The van der Waals surface area contributed by atoms with Gasteiger partial charge in [-0.25, -0.2) is 0 Å². The highest BCUT2D eigenvalue weighted by atomic mass is 16.1. The number of fused-ring (bicyclic) bond motifs is 1. The minimum atomic E-state index is -0.0850. The lowest BCUT2D eigenvalue weighted by Gasteiger charge is -2.29. The quantitative estimate of drug-likeness (QED) is 0.775. The molecule has 1 aliphatic heterocycles. The van der Waals surface area contributed by atoms with Crippen LogP contribution in [0.4, 0.5) is 11.6 Å². The van der Waals surface area contributed by atoms with Crippen LogP contribution >= 0.6 is 0 Å². The molecule has 5 heteroatoms. The molecule has 0 bridgehead atoms. The topological polar surface area (TPSA) is 58.1 Å². The number of benzene rings is 2. The van der Waals surface area contributed by atoms with E-state index in [-0.39, 0.29) is 5.91 Å². The van der Waals surface area contributed by atoms with Gasteiger partial charge in [0.2, 0.25) is 5.91 Å². The number of carbonyl (C=O) groups excluding carboxylic acids is 1. The van der Waals surface area contributed by atoms with Crippen molar-refractivity contribution < 1.29 is 4.79 Å². The number of carbonyl (C=O) groups is 1. The van der Waals surface area contributed by atoms with Gasteiger partial charge < -0.3 is 10.2 Å². The van der Waals surface area contributed by atoms with Crippen LogP contribution in [0.1, 0.15) is 22.3 Å². The van der Waals surface area contributed by atoms with Gasteiger partial charge in [0.1, 0.15) is 0 Å². The number of aryl methyl sites for hydroxylation is 1.